The van der Waals surface area contributed by atoms with Crippen molar-refractivity contribution in [1.29, 1.82) is 5.26 Å². The highest BCUT2D eigenvalue weighted by atomic mass is 16.5. The van der Waals surface area contributed by atoms with Crippen LogP contribution in [0.1, 0.15) is 45.1 Å². The zero-order chi connectivity index (χ0) is 17.9. The normalized spacial score (nSPS) is 20.8. The van der Waals surface area contributed by atoms with Crippen molar-refractivity contribution in [3.05, 3.63) is 26.4 Å². The third kappa shape index (κ3) is 3.39. The molecule has 2 heterocycles. The van der Waals surface area contributed by atoms with Gasteiger partial charge in [-0.05, 0) is 18.8 Å². The minimum atomic E-state index is -0.563. The van der Waals surface area contributed by atoms with Crippen LogP contribution in [-0.4, -0.2) is 27.9 Å². The first kappa shape index (κ1) is 18.3. The van der Waals surface area contributed by atoms with Gasteiger partial charge in [0.05, 0.1) is 6.10 Å². The van der Waals surface area contributed by atoms with Crippen molar-refractivity contribution in [2.24, 2.45) is 20.0 Å². The van der Waals surface area contributed by atoms with E-state index in [1.165, 1.54) is 11.6 Å². The SMILES string of the molecule is CCC(CC)C1CC(Nc2c(C#N)c(=O)n(C)c(=O)n2C)CCO1. The molecule has 1 saturated heterocycles. The summed E-state index contributed by atoms with van der Waals surface area (Å²) in [5.41, 5.74) is -1.03. The maximum atomic E-state index is 12.2. The Morgan fingerprint density at radius 1 is 1.29 bits per heavy atom. The lowest BCUT2D eigenvalue weighted by atomic mass is 9.89. The van der Waals surface area contributed by atoms with Gasteiger partial charge in [-0.2, -0.15) is 5.26 Å². The summed E-state index contributed by atoms with van der Waals surface area (Å²) in [6.45, 7) is 4.96. The van der Waals surface area contributed by atoms with E-state index in [0.29, 0.717) is 18.3 Å². The van der Waals surface area contributed by atoms with Crippen LogP contribution in [0, 0.1) is 17.2 Å². The van der Waals surface area contributed by atoms with E-state index in [-0.39, 0.29) is 17.7 Å². The molecule has 0 aliphatic carbocycles. The summed E-state index contributed by atoms with van der Waals surface area (Å²) in [6.07, 6.45) is 3.87. The van der Waals surface area contributed by atoms with Crippen LogP contribution in [0.5, 0.6) is 0 Å². The fraction of sp³-hybridized carbons (Fsp3) is 0.706. The molecule has 0 amide bonds. The molecule has 2 unspecified atom stereocenters. The Balaban J connectivity index is 2.30. The summed E-state index contributed by atoms with van der Waals surface area (Å²) in [7, 11) is 2.95. The van der Waals surface area contributed by atoms with Crippen LogP contribution in [0.15, 0.2) is 9.59 Å². The number of nitrogens with zero attached hydrogens (tertiary/aromatic N) is 3. The van der Waals surface area contributed by atoms with Gasteiger partial charge in [0.2, 0.25) is 0 Å². The first-order chi connectivity index (χ1) is 11.4. The molecular weight excluding hydrogens is 308 g/mol. The van der Waals surface area contributed by atoms with E-state index >= 15 is 0 Å². The Bertz CT molecular complexity index is 740. The quantitative estimate of drug-likeness (QED) is 0.878. The van der Waals surface area contributed by atoms with Crippen LogP contribution in [0.3, 0.4) is 0 Å². The van der Waals surface area contributed by atoms with E-state index in [1.54, 1.807) is 7.05 Å². The first-order valence-corrected chi connectivity index (χ1v) is 8.52. The maximum absolute atomic E-state index is 12.2. The third-order valence-corrected chi connectivity index (χ3v) is 5.01. The number of aromatic nitrogens is 2. The summed E-state index contributed by atoms with van der Waals surface area (Å²) in [6, 6.07) is 2.01. The number of hydrogen-bond acceptors (Lipinski definition) is 5. The largest absolute Gasteiger partial charge is 0.378 e. The molecule has 24 heavy (non-hydrogen) atoms. The fourth-order valence-corrected chi connectivity index (χ4v) is 3.41. The highest BCUT2D eigenvalue weighted by Crippen LogP contribution is 2.27. The lowest BCUT2D eigenvalue weighted by molar-refractivity contribution is -0.0271. The average Bonchev–Trinajstić information content (AvgIpc) is 2.59. The molecule has 7 nitrogen and oxygen atoms in total. The Labute approximate surface area is 141 Å². The summed E-state index contributed by atoms with van der Waals surface area (Å²) >= 11 is 0. The summed E-state index contributed by atoms with van der Waals surface area (Å²) < 4.78 is 8.20. The summed E-state index contributed by atoms with van der Waals surface area (Å²) in [4.78, 5) is 24.3. The van der Waals surface area contributed by atoms with E-state index < -0.39 is 11.2 Å². The van der Waals surface area contributed by atoms with Crippen LogP contribution >= 0.6 is 0 Å². The average molecular weight is 334 g/mol. The molecule has 1 aliphatic heterocycles. The molecule has 0 spiro atoms. The van der Waals surface area contributed by atoms with Gasteiger partial charge in [0.15, 0.2) is 5.56 Å². The second kappa shape index (κ2) is 7.67. The van der Waals surface area contributed by atoms with E-state index in [2.05, 4.69) is 19.2 Å². The lowest BCUT2D eigenvalue weighted by Crippen LogP contribution is -2.43. The van der Waals surface area contributed by atoms with Crippen molar-refractivity contribution in [3.63, 3.8) is 0 Å². The Kier molecular flexibility index (Phi) is 5.84. The predicted octanol–water partition coefficient (Wildman–Crippen LogP) is 1.35. The van der Waals surface area contributed by atoms with Crippen molar-refractivity contribution in [1.82, 2.24) is 9.13 Å². The molecule has 0 radical (unpaired) electrons. The highest BCUT2D eigenvalue weighted by Gasteiger charge is 2.29. The van der Waals surface area contributed by atoms with Gasteiger partial charge in [0.1, 0.15) is 11.9 Å². The van der Waals surface area contributed by atoms with Gasteiger partial charge in [-0.3, -0.25) is 13.9 Å². The van der Waals surface area contributed by atoms with E-state index in [1.807, 2.05) is 6.07 Å². The summed E-state index contributed by atoms with van der Waals surface area (Å²) in [5.74, 6) is 0.804. The van der Waals surface area contributed by atoms with Gasteiger partial charge >= 0.3 is 5.69 Å². The monoisotopic (exact) mass is 334 g/mol. The molecule has 0 bridgehead atoms. The lowest BCUT2D eigenvalue weighted by Gasteiger charge is -2.35. The molecule has 0 aromatic carbocycles. The van der Waals surface area contributed by atoms with E-state index in [4.69, 9.17) is 4.74 Å². The van der Waals surface area contributed by atoms with Crippen molar-refractivity contribution >= 4 is 5.82 Å². The molecule has 2 rings (SSSR count). The molecule has 7 heteroatoms. The number of hydrogen-bond donors (Lipinski definition) is 1. The molecule has 0 saturated carbocycles. The smallest absolute Gasteiger partial charge is 0.332 e. The van der Waals surface area contributed by atoms with Gasteiger partial charge in [-0.15, -0.1) is 0 Å². The van der Waals surface area contributed by atoms with Crippen LogP contribution < -0.4 is 16.6 Å². The molecule has 1 aromatic heterocycles. The summed E-state index contributed by atoms with van der Waals surface area (Å²) in [5, 5.41) is 12.6. The van der Waals surface area contributed by atoms with E-state index in [9.17, 15) is 14.9 Å². The molecule has 1 N–H and O–H groups in total. The minimum Gasteiger partial charge on any atom is -0.378 e. The van der Waals surface area contributed by atoms with Gasteiger partial charge in [-0.25, -0.2) is 4.79 Å². The first-order valence-electron chi connectivity index (χ1n) is 8.52. The zero-order valence-corrected chi connectivity index (χ0v) is 14.8. The van der Waals surface area contributed by atoms with Crippen molar-refractivity contribution in [2.75, 3.05) is 11.9 Å². The third-order valence-electron chi connectivity index (χ3n) is 5.01. The maximum Gasteiger partial charge on any atom is 0.332 e. The van der Waals surface area contributed by atoms with Gasteiger partial charge in [0.25, 0.3) is 5.56 Å². The van der Waals surface area contributed by atoms with Crippen LogP contribution in [-0.2, 0) is 18.8 Å². The highest BCUT2D eigenvalue weighted by molar-refractivity contribution is 5.51. The number of anilines is 1. The minimum absolute atomic E-state index is 0.0230. The van der Waals surface area contributed by atoms with Crippen LogP contribution in [0.4, 0.5) is 5.82 Å². The van der Waals surface area contributed by atoms with Crippen molar-refractivity contribution in [2.45, 2.75) is 51.7 Å². The number of nitriles is 1. The predicted molar refractivity (Wildman–Crippen MR) is 92.1 cm³/mol. The fourth-order valence-electron chi connectivity index (χ4n) is 3.41. The van der Waals surface area contributed by atoms with Crippen LogP contribution in [0.2, 0.25) is 0 Å². The standard InChI is InChI=1S/C17H26N4O3/c1-5-11(6-2)14-9-12(7-8-24-14)19-15-13(10-18)16(22)21(4)17(23)20(15)3/h11-12,14,19H,5-9H2,1-4H3. The molecule has 1 aromatic rings. The molecule has 1 fully saturated rings. The second-order valence-electron chi connectivity index (χ2n) is 6.39. The number of ether oxygens (including phenoxy) is 1. The zero-order valence-electron chi connectivity index (χ0n) is 14.8. The molecule has 2 atom stereocenters. The number of rotatable bonds is 5. The molecule has 1 aliphatic rings. The van der Waals surface area contributed by atoms with E-state index in [0.717, 1.165) is 30.3 Å². The van der Waals surface area contributed by atoms with Crippen molar-refractivity contribution < 1.29 is 4.74 Å². The second-order valence-corrected chi connectivity index (χ2v) is 6.39. The van der Waals surface area contributed by atoms with Gasteiger partial charge in [0, 0.05) is 26.7 Å². The molecular formula is C17H26N4O3. The topological polar surface area (TPSA) is 89.0 Å². The number of nitrogens with one attached hydrogen (secondary N) is 1. The molecule has 132 valence electrons. The van der Waals surface area contributed by atoms with Crippen LogP contribution in [0.25, 0.3) is 0 Å². The Morgan fingerprint density at radius 3 is 2.54 bits per heavy atom. The Hall–Kier alpha value is -2.07. The van der Waals surface area contributed by atoms with Gasteiger partial charge < -0.3 is 10.1 Å². The Morgan fingerprint density at radius 2 is 1.96 bits per heavy atom. The van der Waals surface area contributed by atoms with Crippen molar-refractivity contribution in [3.8, 4) is 6.07 Å². The van der Waals surface area contributed by atoms with Gasteiger partial charge in [-0.1, -0.05) is 26.7 Å².